The third-order valence-electron chi connectivity index (χ3n) is 4.66. The van der Waals surface area contributed by atoms with Crippen molar-refractivity contribution >= 4 is 0 Å². The molecule has 0 unspecified atom stereocenters. The van der Waals surface area contributed by atoms with Gasteiger partial charge in [0.1, 0.15) is 5.75 Å². The van der Waals surface area contributed by atoms with Gasteiger partial charge in [-0.2, -0.15) is 0 Å². The smallest absolute Gasteiger partial charge is 0.124 e. The van der Waals surface area contributed by atoms with Crippen molar-refractivity contribution in [3.05, 3.63) is 29.8 Å². The van der Waals surface area contributed by atoms with Gasteiger partial charge in [0.25, 0.3) is 0 Å². The van der Waals surface area contributed by atoms with E-state index in [4.69, 9.17) is 4.74 Å². The van der Waals surface area contributed by atoms with Crippen LogP contribution in [0.2, 0.25) is 0 Å². The first-order valence-electron chi connectivity index (χ1n) is 7.95. The predicted molar refractivity (Wildman–Crippen MR) is 82.2 cm³/mol. The summed E-state index contributed by atoms with van der Waals surface area (Å²) in [5.74, 6) is 1.09. The maximum Gasteiger partial charge on any atom is 0.124 e. The average Bonchev–Trinajstić information content (AvgIpc) is 2.72. The fourth-order valence-electron chi connectivity index (χ4n) is 3.49. The zero-order valence-electron chi connectivity index (χ0n) is 12.7. The van der Waals surface area contributed by atoms with E-state index in [1.54, 1.807) is 0 Å². The molecule has 0 spiro atoms. The minimum Gasteiger partial charge on any atom is -0.493 e. The minimum absolute atomic E-state index is 0.548. The third-order valence-corrected chi connectivity index (χ3v) is 4.66. The molecule has 3 nitrogen and oxygen atoms in total. The van der Waals surface area contributed by atoms with Gasteiger partial charge in [0, 0.05) is 43.7 Å². The number of para-hydroxylation sites is 1. The van der Waals surface area contributed by atoms with Crippen LogP contribution in [0, 0.1) is 0 Å². The van der Waals surface area contributed by atoms with Crippen molar-refractivity contribution in [3.8, 4) is 5.75 Å². The molecule has 0 N–H and O–H groups in total. The summed E-state index contributed by atoms with van der Waals surface area (Å²) in [5, 5.41) is 0. The van der Waals surface area contributed by atoms with E-state index < -0.39 is 0 Å². The van der Waals surface area contributed by atoms with Gasteiger partial charge in [-0.15, -0.1) is 0 Å². The molecule has 0 aliphatic carbocycles. The van der Waals surface area contributed by atoms with Gasteiger partial charge in [-0.3, -0.25) is 9.80 Å². The number of rotatable bonds is 2. The maximum absolute atomic E-state index is 5.80. The van der Waals surface area contributed by atoms with Crippen molar-refractivity contribution in [2.45, 2.75) is 38.8 Å². The van der Waals surface area contributed by atoms with Crippen molar-refractivity contribution < 1.29 is 4.74 Å². The van der Waals surface area contributed by atoms with E-state index in [0.717, 1.165) is 18.8 Å². The van der Waals surface area contributed by atoms with Gasteiger partial charge in [-0.1, -0.05) is 18.2 Å². The van der Waals surface area contributed by atoms with Crippen LogP contribution in [-0.2, 0) is 0 Å². The number of hydrogen-bond donors (Lipinski definition) is 0. The third kappa shape index (κ3) is 2.84. The van der Waals surface area contributed by atoms with Gasteiger partial charge in [0.2, 0.25) is 0 Å². The molecule has 3 heteroatoms. The summed E-state index contributed by atoms with van der Waals surface area (Å²) < 4.78 is 5.80. The monoisotopic (exact) mass is 274 g/mol. The molecular weight excluding hydrogens is 248 g/mol. The van der Waals surface area contributed by atoms with Gasteiger partial charge >= 0.3 is 0 Å². The Morgan fingerprint density at radius 1 is 1.10 bits per heavy atom. The lowest BCUT2D eigenvalue weighted by molar-refractivity contribution is 0.140. The standard InChI is InChI=1S/C17H26N2O/c1-14(2)18-9-5-10-19(12-11-18)16-8-13-20-17-7-4-3-6-15(16)17/h3-4,6-7,14,16H,5,8-13H2,1-2H3/t16-/m0/s1. The Morgan fingerprint density at radius 3 is 2.80 bits per heavy atom. The molecule has 3 rings (SSSR count). The first kappa shape index (κ1) is 13.9. The lowest BCUT2D eigenvalue weighted by Crippen LogP contribution is -2.37. The lowest BCUT2D eigenvalue weighted by atomic mass is 9.99. The Balaban J connectivity index is 1.74. The molecule has 2 aliphatic heterocycles. The summed E-state index contributed by atoms with van der Waals surface area (Å²) in [5.41, 5.74) is 1.39. The van der Waals surface area contributed by atoms with Crippen LogP contribution in [0.1, 0.15) is 38.3 Å². The average molecular weight is 274 g/mol. The lowest BCUT2D eigenvalue weighted by Gasteiger charge is -2.35. The molecule has 1 aromatic rings. The first-order chi connectivity index (χ1) is 9.75. The molecule has 110 valence electrons. The number of fused-ring (bicyclic) bond motifs is 1. The molecule has 1 atom stereocenters. The second-order valence-electron chi connectivity index (χ2n) is 6.21. The summed E-state index contributed by atoms with van der Waals surface area (Å²) in [6, 6.07) is 9.77. The van der Waals surface area contributed by atoms with E-state index in [1.165, 1.54) is 38.2 Å². The van der Waals surface area contributed by atoms with E-state index in [1.807, 2.05) is 0 Å². The van der Waals surface area contributed by atoms with Crippen LogP contribution in [0.15, 0.2) is 24.3 Å². The van der Waals surface area contributed by atoms with Gasteiger partial charge < -0.3 is 4.74 Å². The molecule has 2 heterocycles. The van der Waals surface area contributed by atoms with Crippen LogP contribution in [0.5, 0.6) is 5.75 Å². The quantitative estimate of drug-likeness (QED) is 0.824. The molecule has 0 saturated carbocycles. The van der Waals surface area contributed by atoms with Crippen molar-refractivity contribution in [1.82, 2.24) is 9.80 Å². The van der Waals surface area contributed by atoms with Crippen LogP contribution >= 0.6 is 0 Å². The fourth-order valence-corrected chi connectivity index (χ4v) is 3.49. The number of nitrogens with zero attached hydrogens (tertiary/aromatic N) is 2. The highest BCUT2D eigenvalue weighted by Crippen LogP contribution is 2.36. The normalized spacial score (nSPS) is 25.1. The molecule has 0 amide bonds. The molecule has 0 aromatic heterocycles. The van der Waals surface area contributed by atoms with Crippen molar-refractivity contribution in [2.75, 3.05) is 32.8 Å². The highest BCUT2D eigenvalue weighted by Gasteiger charge is 2.28. The SMILES string of the molecule is CC(C)N1CCCN([C@H]2CCOc3ccccc32)CC1. The Labute approximate surface area is 122 Å². The second-order valence-corrected chi connectivity index (χ2v) is 6.21. The summed E-state index contributed by atoms with van der Waals surface area (Å²) in [6.07, 6.45) is 2.40. The summed E-state index contributed by atoms with van der Waals surface area (Å²) in [4.78, 5) is 5.27. The van der Waals surface area contributed by atoms with E-state index in [9.17, 15) is 0 Å². The van der Waals surface area contributed by atoms with E-state index in [2.05, 4.69) is 47.9 Å². The minimum atomic E-state index is 0.548. The van der Waals surface area contributed by atoms with E-state index >= 15 is 0 Å². The zero-order valence-corrected chi connectivity index (χ0v) is 12.7. The summed E-state index contributed by atoms with van der Waals surface area (Å²) >= 11 is 0. The van der Waals surface area contributed by atoms with E-state index in [0.29, 0.717) is 12.1 Å². The molecule has 0 radical (unpaired) electrons. The van der Waals surface area contributed by atoms with Crippen molar-refractivity contribution in [1.29, 1.82) is 0 Å². The Hall–Kier alpha value is -1.06. The summed E-state index contributed by atoms with van der Waals surface area (Å²) in [6.45, 7) is 10.3. The molecule has 0 bridgehead atoms. The molecule has 2 aliphatic rings. The van der Waals surface area contributed by atoms with Gasteiger partial charge in [0.05, 0.1) is 6.61 Å². The highest BCUT2D eigenvalue weighted by molar-refractivity contribution is 5.37. The predicted octanol–water partition coefficient (Wildman–Crippen LogP) is 2.93. The molecule has 20 heavy (non-hydrogen) atoms. The first-order valence-corrected chi connectivity index (χ1v) is 7.95. The van der Waals surface area contributed by atoms with Crippen LogP contribution in [0.3, 0.4) is 0 Å². The Bertz CT molecular complexity index is 446. The Morgan fingerprint density at radius 2 is 1.95 bits per heavy atom. The molecule has 1 aromatic carbocycles. The number of ether oxygens (including phenoxy) is 1. The van der Waals surface area contributed by atoms with Crippen LogP contribution in [0.25, 0.3) is 0 Å². The molecule has 1 fully saturated rings. The second kappa shape index (κ2) is 6.15. The van der Waals surface area contributed by atoms with Crippen LogP contribution in [-0.4, -0.2) is 48.6 Å². The molecule has 1 saturated heterocycles. The molecular formula is C17H26N2O. The maximum atomic E-state index is 5.80. The van der Waals surface area contributed by atoms with E-state index in [-0.39, 0.29) is 0 Å². The summed E-state index contributed by atoms with van der Waals surface area (Å²) in [7, 11) is 0. The number of hydrogen-bond acceptors (Lipinski definition) is 3. The Kier molecular flexibility index (Phi) is 4.27. The van der Waals surface area contributed by atoms with Gasteiger partial charge in [-0.25, -0.2) is 0 Å². The van der Waals surface area contributed by atoms with Crippen molar-refractivity contribution in [3.63, 3.8) is 0 Å². The fraction of sp³-hybridized carbons (Fsp3) is 0.647. The topological polar surface area (TPSA) is 15.7 Å². The van der Waals surface area contributed by atoms with Crippen LogP contribution < -0.4 is 4.74 Å². The number of benzene rings is 1. The van der Waals surface area contributed by atoms with Crippen LogP contribution in [0.4, 0.5) is 0 Å². The highest BCUT2D eigenvalue weighted by atomic mass is 16.5. The zero-order chi connectivity index (χ0) is 13.9. The van der Waals surface area contributed by atoms with Gasteiger partial charge in [-0.05, 0) is 32.9 Å². The van der Waals surface area contributed by atoms with Crippen molar-refractivity contribution in [2.24, 2.45) is 0 Å². The van der Waals surface area contributed by atoms with Gasteiger partial charge in [0.15, 0.2) is 0 Å². The largest absolute Gasteiger partial charge is 0.493 e.